The van der Waals surface area contributed by atoms with Crippen molar-refractivity contribution in [2.75, 3.05) is 0 Å². The minimum Gasteiger partial charge on any atom is -0.232 e. The van der Waals surface area contributed by atoms with Gasteiger partial charge in [0.2, 0.25) is 0 Å². The van der Waals surface area contributed by atoms with E-state index in [1.807, 2.05) is 19.9 Å². The summed E-state index contributed by atoms with van der Waals surface area (Å²) < 4.78 is 1.43. The molecule has 22 heavy (non-hydrogen) atoms. The average Bonchev–Trinajstić information content (AvgIpc) is 2.81. The Kier molecular flexibility index (Phi) is 3.03. The maximum atomic E-state index is 8.78. The van der Waals surface area contributed by atoms with Crippen LogP contribution in [0, 0.1) is 20.8 Å². The number of aromatic nitrogens is 4. The van der Waals surface area contributed by atoms with Crippen LogP contribution >= 0.6 is 0 Å². The Morgan fingerprint density at radius 1 is 1.09 bits per heavy atom. The van der Waals surface area contributed by atoms with E-state index in [1.54, 1.807) is 6.92 Å². The van der Waals surface area contributed by atoms with Crippen molar-refractivity contribution in [1.29, 1.82) is 0 Å². The molecule has 3 heterocycles. The number of azide groups is 2. The smallest absolute Gasteiger partial charge is 0.184 e. The Balaban J connectivity index is 2.60. The summed E-state index contributed by atoms with van der Waals surface area (Å²) in [7, 11) is 0. The highest BCUT2D eigenvalue weighted by Gasteiger charge is 2.17. The zero-order chi connectivity index (χ0) is 15.9. The summed E-state index contributed by atoms with van der Waals surface area (Å²) >= 11 is 0. The summed E-state index contributed by atoms with van der Waals surface area (Å²) in [6, 6.07) is 1.91. The molecular weight excluding hydrogens is 284 g/mol. The number of fused-ring (bicyclic) bond motifs is 3. The van der Waals surface area contributed by atoms with E-state index in [9.17, 15) is 0 Å². The molecule has 0 aromatic carbocycles. The first-order valence-corrected chi connectivity index (χ1v) is 6.34. The number of nitrogens with zero attached hydrogens (tertiary/aromatic N) is 10. The fourth-order valence-electron chi connectivity index (χ4n) is 2.41. The van der Waals surface area contributed by atoms with Crippen molar-refractivity contribution in [1.82, 2.24) is 19.6 Å². The number of aryl methyl sites for hydroxylation is 2. The van der Waals surface area contributed by atoms with E-state index in [2.05, 4.69) is 35.1 Å². The van der Waals surface area contributed by atoms with Gasteiger partial charge >= 0.3 is 0 Å². The molecule has 108 valence electrons. The lowest BCUT2D eigenvalue weighted by Crippen LogP contribution is -1.94. The van der Waals surface area contributed by atoms with Crippen LogP contribution in [0.4, 0.5) is 11.6 Å². The summed E-state index contributed by atoms with van der Waals surface area (Å²) in [6.45, 7) is 5.44. The van der Waals surface area contributed by atoms with Gasteiger partial charge in [0, 0.05) is 21.1 Å². The van der Waals surface area contributed by atoms with Crippen molar-refractivity contribution in [3.05, 3.63) is 43.8 Å². The van der Waals surface area contributed by atoms with E-state index in [0.29, 0.717) is 16.9 Å². The molecule has 0 atom stereocenters. The number of rotatable bonds is 2. The van der Waals surface area contributed by atoms with Crippen molar-refractivity contribution in [3.8, 4) is 0 Å². The van der Waals surface area contributed by atoms with E-state index >= 15 is 0 Å². The SMILES string of the molecule is Cc1cc(C)c2c(n1)nn1c(N=[N+]=[N-])c(C)c(N=[N+]=[N-])nc21. The minimum atomic E-state index is 0.152. The van der Waals surface area contributed by atoms with E-state index in [0.717, 1.165) is 16.6 Å². The summed E-state index contributed by atoms with van der Waals surface area (Å²) in [5, 5.41) is 12.3. The topological polar surface area (TPSA) is 141 Å². The maximum absolute atomic E-state index is 8.78. The van der Waals surface area contributed by atoms with Crippen LogP contribution in [0.15, 0.2) is 16.3 Å². The molecule has 10 nitrogen and oxygen atoms in total. The molecule has 0 aliphatic rings. The van der Waals surface area contributed by atoms with Gasteiger partial charge in [-0.3, -0.25) is 0 Å². The lowest BCUT2D eigenvalue weighted by molar-refractivity contribution is 0.928. The molecule has 0 radical (unpaired) electrons. The van der Waals surface area contributed by atoms with Crippen LogP contribution in [0.3, 0.4) is 0 Å². The van der Waals surface area contributed by atoms with Gasteiger partial charge < -0.3 is 0 Å². The number of hydrogen-bond acceptors (Lipinski definition) is 5. The second-order valence-electron chi connectivity index (χ2n) is 4.78. The van der Waals surface area contributed by atoms with Crippen LogP contribution in [-0.2, 0) is 0 Å². The molecular formula is C12H10N10. The zero-order valence-electron chi connectivity index (χ0n) is 12.0. The van der Waals surface area contributed by atoms with Gasteiger partial charge in [-0.25, -0.2) is 14.5 Å². The van der Waals surface area contributed by atoms with Crippen LogP contribution in [0.2, 0.25) is 0 Å². The van der Waals surface area contributed by atoms with Crippen molar-refractivity contribution >= 4 is 28.3 Å². The third kappa shape index (κ3) is 1.87. The van der Waals surface area contributed by atoms with E-state index in [1.165, 1.54) is 4.52 Å². The standard InChI is InChI=1S/C12H10N10/c1-5-4-6(2)15-10-8(5)12-16-9(17-20-13)7(3)11(18-21-14)22(12)19-10/h4H,1-3H3. The van der Waals surface area contributed by atoms with Gasteiger partial charge in [-0.2, -0.15) is 0 Å². The van der Waals surface area contributed by atoms with Gasteiger partial charge in [0.05, 0.1) is 5.39 Å². The van der Waals surface area contributed by atoms with Crippen LogP contribution in [0.1, 0.15) is 16.8 Å². The van der Waals surface area contributed by atoms with Crippen molar-refractivity contribution < 1.29 is 0 Å². The lowest BCUT2D eigenvalue weighted by atomic mass is 10.2. The molecule has 0 amide bonds. The van der Waals surface area contributed by atoms with E-state index < -0.39 is 0 Å². The van der Waals surface area contributed by atoms with Crippen LogP contribution in [0.5, 0.6) is 0 Å². The summed E-state index contributed by atoms with van der Waals surface area (Å²) in [5.41, 5.74) is 20.6. The molecule has 0 spiro atoms. The van der Waals surface area contributed by atoms with Crippen molar-refractivity contribution in [3.63, 3.8) is 0 Å². The van der Waals surface area contributed by atoms with Crippen molar-refractivity contribution in [2.45, 2.75) is 20.8 Å². The Hall–Kier alpha value is -3.35. The Labute approximate surface area is 123 Å². The normalized spacial score (nSPS) is 10.5. The predicted octanol–water partition coefficient (Wildman–Crippen LogP) is 4.09. The molecule has 0 unspecified atom stereocenters. The fraction of sp³-hybridized carbons (Fsp3) is 0.250. The number of pyridine rings is 1. The Morgan fingerprint density at radius 3 is 2.50 bits per heavy atom. The van der Waals surface area contributed by atoms with Gasteiger partial charge in [-0.1, -0.05) is 0 Å². The Morgan fingerprint density at radius 2 is 1.82 bits per heavy atom. The van der Waals surface area contributed by atoms with E-state index in [-0.39, 0.29) is 11.6 Å². The van der Waals surface area contributed by atoms with Gasteiger partial charge in [-0.15, -0.1) is 5.10 Å². The lowest BCUT2D eigenvalue weighted by Gasteiger charge is -2.05. The second-order valence-corrected chi connectivity index (χ2v) is 4.78. The first-order valence-electron chi connectivity index (χ1n) is 6.34. The van der Waals surface area contributed by atoms with Crippen LogP contribution in [-0.4, -0.2) is 19.6 Å². The molecule has 3 rings (SSSR count). The largest absolute Gasteiger partial charge is 0.232 e. The summed E-state index contributed by atoms with van der Waals surface area (Å²) in [6.07, 6.45) is 0. The van der Waals surface area contributed by atoms with Crippen LogP contribution in [0.25, 0.3) is 37.6 Å². The quantitative estimate of drug-likeness (QED) is 0.399. The summed E-state index contributed by atoms with van der Waals surface area (Å²) in [4.78, 5) is 14.3. The van der Waals surface area contributed by atoms with Gasteiger partial charge in [0.1, 0.15) is 11.6 Å². The van der Waals surface area contributed by atoms with Gasteiger partial charge in [0.25, 0.3) is 0 Å². The van der Waals surface area contributed by atoms with Gasteiger partial charge in [-0.05, 0) is 53.7 Å². The molecule has 0 saturated heterocycles. The molecule has 0 fully saturated rings. The molecule has 0 N–H and O–H groups in total. The molecule has 0 aliphatic carbocycles. The zero-order valence-corrected chi connectivity index (χ0v) is 12.0. The van der Waals surface area contributed by atoms with Crippen molar-refractivity contribution in [2.24, 2.45) is 10.2 Å². The molecule has 0 bridgehead atoms. The second kappa shape index (κ2) is 4.88. The van der Waals surface area contributed by atoms with Crippen LogP contribution < -0.4 is 0 Å². The third-order valence-electron chi connectivity index (χ3n) is 3.31. The predicted molar refractivity (Wildman–Crippen MR) is 80.1 cm³/mol. The highest BCUT2D eigenvalue weighted by atomic mass is 15.3. The highest BCUT2D eigenvalue weighted by molar-refractivity contribution is 5.94. The molecule has 10 heteroatoms. The average molecular weight is 294 g/mol. The van der Waals surface area contributed by atoms with Gasteiger partial charge in [0.15, 0.2) is 11.3 Å². The third-order valence-corrected chi connectivity index (χ3v) is 3.31. The molecule has 0 saturated carbocycles. The first-order chi connectivity index (χ1) is 10.6. The fourth-order valence-corrected chi connectivity index (χ4v) is 2.41. The highest BCUT2D eigenvalue weighted by Crippen LogP contribution is 2.32. The maximum Gasteiger partial charge on any atom is 0.184 e. The molecule has 3 aromatic heterocycles. The monoisotopic (exact) mass is 294 g/mol. The molecule has 0 aliphatic heterocycles. The Bertz CT molecular complexity index is 1020. The first kappa shape index (κ1) is 13.6. The summed E-state index contributed by atoms with van der Waals surface area (Å²) in [5.74, 6) is 0.379. The number of hydrogen-bond donors (Lipinski definition) is 0. The minimum absolute atomic E-state index is 0.152. The van der Waals surface area contributed by atoms with E-state index in [4.69, 9.17) is 11.1 Å². The molecule has 3 aromatic rings.